The lowest BCUT2D eigenvalue weighted by molar-refractivity contribution is 0.0589. The number of hydrogen-bond acceptors (Lipinski definition) is 3. The van der Waals surface area contributed by atoms with E-state index in [0.29, 0.717) is 11.3 Å². The van der Waals surface area contributed by atoms with Crippen LogP contribution in [0.4, 0.5) is 10.5 Å². The summed E-state index contributed by atoms with van der Waals surface area (Å²) in [6.07, 6.45) is -0.476. The predicted molar refractivity (Wildman–Crippen MR) is 72.1 cm³/mol. The number of carbonyl (C=O) groups excluding carboxylic acids is 1. The van der Waals surface area contributed by atoms with Crippen LogP contribution >= 0.6 is 0 Å². The zero-order valence-electron chi connectivity index (χ0n) is 11.2. The third-order valence-corrected chi connectivity index (χ3v) is 2.22. The molecule has 5 heteroatoms. The van der Waals surface area contributed by atoms with E-state index < -0.39 is 11.7 Å². The molecule has 0 spiro atoms. The molecule has 0 radical (unpaired) electrons. The van der Waals surface area contributed by atoms with E-state index in [-0.39, 0.29) is 5.84 Å². The van der Waals surface area contributed by atoms with Crippen molar-refractivity contribution in [2.45, 2.75) is 26.4 Å². The van der Waals surface area contributed by atoms with Gasteiger partial charge < -0.3 is 10.5 Å². The van der Waals surface area contributed by atoms with Crippen molar-refractivity contribution in [2.75, 3.05) is 11.9 Å². The highest BCUT2D eigenvalue weighted by atomic mass is 16.6. The highest BCUT2D eigenvalue weighted by Crippen LogP contribution is 2.20. The smallest absolute Gasteiger partial charge is 0.414 e. The molecule has 0 bridgehead atoms. The first-order valence-corrected chi connectivity index (χ1v) is 5.62. The molecule has 5 nitrogen and oxygen atoms in total. The lowest BCUT2D eigenvalue weighted by Crippen LogP contribution is -2.35. The average Bonchev–Trinajstić information content (AvgIpc) is 2.25. The van der Waals surface area contributed by atoms with Crippen molar-refractivity contribution < 1.29 is 9.53 Å². The Bertz CT molecular complexity index is 464. The monoisotopic (exact) mass is 249 g/mol. The van der Waals surface area contributed by atoms with Crippen LogP contribution in [0.2, 0.25) is 0 Å². The Balaban J connectivity index is 3.00. The van der Waals surface area contributed by atoms with Crippen LogP contribution in [0, 0.1) is 5.41 Å². The van der Waals surface area contributed by atoms with Gasteiger partial charge in [0.25, 0.3) is 0 Å². The number of nitrogens with two attached hydrogens (primary N) is 1. The van der Waals surface area contributed by atoms with Crippen molar-refractivity contribution in [3.05, 3.63) is 29.8 Å². The van der Waals surface area contributed by atoms with Crippen LogP contribution in [0.3, 0.4) is 0 Å². The van der Waals surface area contributed by atoms with Gasteiger partial charge in [0.1, 0.15) is 11.4 Å². The van der Waals surface area contributed by atoms with Gasteiger partial charge in [-0.3, -0.25) is 10.3 Å². The first-order chi connectivity index (χ1) is 8.22. The zero-order chi connectivity index (χ0) is 13.9. The number of para-hydroxylation sites is 1. The van der Waals surface area contributed by atoms with Crippen LogP contribution < -0.4 is 10.6 Å². The number of carbonyl (C=O) groups is 1. The zero-order valence-corrected chi connectivity index (χ0v) is 11.2. The molecule has 0 aromatic heterocycles. The Labute approximate surface area is 107 Å². The van der Waals surface area contributed by atoms with Crippen molar-refractivity contribution in [2.24, 2.45) is 5.73 Å². The van der Waals surface area contributed by atoms with E-state index in [4.69, 9.17) is 15.9 Å². The van der Waals surface area contributed by atoms with Gasteiger partial charge in [-0.25, -0.2) is 4.79 Å². The molecule has 98 valence electrons. The largest absolute Gasteiger partial charge is 0.443 e. The van der Waals surface area contributed by atoms with Gasteiger partial charge in [-0.1, -0.05) is 12.1 Å². The van der Waals surface area contributed by atoms with Crippen molar-refractivity contribution in [1.82, 2.24) is 0 Å². The number of anilines is 1. The fourth-order valence-corrected chi connectivity index (χ4v) is 1.42. The number of amidine groups is 1. The summed E-state index contributed by atoms with van der Waals surface area (Å²) in [5.74, 6) is -0.0824. The van der Waals surface area contributed by atoms with Crippen LogP contribution in [0.15, 0.2) is 24.3 Å². The van der Waals surface area contributed by atoms with Crippen molar-refractivity contribution >= 4 is 17.6 Å². The minimum Gasteiger partial charge on any atom is -0.443 e. The maximum absolute atomic E-state index is 11.9. The Morgan fingerprint density at radius 3 is 2.39 bits per heavy atom. The van der Waals surface area contributed by atoms with Gasteiger partial charge in [0, 0.05) is 12.6 Å². The second kappa shape index (κ2) is 5.08. The van der Waals surface area contributed by atoms with E-state index in [1.54, 1.807) is 52.1 Å². The highest BCUT2D eigenvalue weighted by Gasteiger charge is 2.22. The van der Waals surface area contributed by atoms with Gasteiger partial charge in [-0.05, 0) is 32.9 Å². The van der Waals surface area contributed by atoms with Gasteiger partial charge >= 0.3 is 6.09 Å². The lowest BCUT2D eigenvalue weighted by Gasteiger charge is -2.25. The van der Waals surface area contributed by atoms with Gasteiger partial charge in [0.2, 0.25) is 0 Å². The number of ether oxygens (including phenoxy) is 1. The van der Waals surface area contributed by atoms with E-state index in [1.165, 1.54) is 4.90 Å². The number of nitrogens with zero attached hydrogens (tertiary/aromatic N) is 1. The third-order valence-electron chi connectivity index (χ3n) is 2.22. The predicted octanol–water partition coefficient (Wildman–Crippen LogP) is 2.34. The average molecular weight is 249 g/mol. The fraction of sp³-hybridized carbons (Fsp3) is 0.385. The van der Waals surface area contributed by atoms with E-state index >= 15 is 0 Å². The standard InChI is InChI=1S/C13H19N3O2/c1-13(2,3)18-12(17)16(4)10-8-6-5-7-9(10)11(14)15/h5-8H,1-4H3,(H3,14,15). The normalized spacial score (nSPS) is 10.9. The fourth-order valence-electron chi connectivity index (χ4n) is 1.42. The van der Waals surface area contributed by atoms with Crippen LogP contribution in [0.5, 0.6) is 0 Å². The third kappa shape index (κ3) is 3.48. The van der Waals surface area contributed by atoms with Crippen molar-refractivity contribution in [1.29, 1.82) is 5.41 Å². The maximum Gasteiger partial charge on any atom is 0.414 e. The minimum atomic E-state index is -0.559. The van der Waals surface area contributed by atoms with Gasteiger partial charge in [-0.15, -0.1) is 0 Å². The van der Waals surface area contributed by atoms with E-state index in [1.807, 2.05) is 0 Å². The molecule has 0 saturated carbocycles. The number of benzene rings is 1. The second-order valence-electron chi connectivity index (χ2n) is 4.97. The molecule has 0 aliphatic heterocycles. The Morgan fingerprint density at radius 1 is 1.33 bits per heavy atom. The summed E-state index contributed by atoms with van der Waals surface area (Å²) in [7, 11) is 1.59. The molecule has 0 heterocycles. The molecular weight excluding hydrogens is 230 g/mol. The maximum atomic E-state index is 11.9. The molecule has 0 aliphatic carbocycles. The number of hydrogen-bond donors (Lipinski definition) is 2. The molecule has 0 unspecified atom stereocenters. The minimum absolute atomic E-state index is 0.0824. The van der Waals surface area contributed by atoms with Gasteiger partial charge in [-0.2, -0.15) is 0 Å². The van der Waals surface area contributed by atoms with Crippen LogP contribution in [0.1, 0.15) is 26.3 Å². The van der Waals surface area contributed by atoms with Crippen LogP contribution in [-0.2, 0) is 4.74 Å². The molecule has 0 aliphatic rings. The molecule has 1 aromatic rings. The number of rotatable bonds is 2. The summed E-state index contributed by atoms with van der Waals surface area (Å²) in [5, 5.41) is 7.49. The Hall–Kier alpha value is -2.04. The number of nitrogen functional groups attached to an aromatic ring is 1. The molecule has 0 atom stereocenters. The summed E-state index contributed by atoms with van der Waals surface area (Å²) in [6, 6.07) is 6.96. The van der Waals surface area contributed by atoms with E-state index in [2.05, 4.69) is 0 Å². The molecule has 3 N–H and O–H groups in total. The molecule has 0 saturated heterocycles. The Kier molecular flexibility index (Phi) is 3.96. The molecular formula is C13H19N3O2. The molecule has 1 amide bonds. The molecule has 0 fully saturated rings. The summed E-state index contributed by atoms with van der Waals surface area (Å²) >= 11 is 0. The molecule has 18 heavy (non-hydrogen) atoms. The summed E-state index contributed by atoms with van der Waals surface area (Å²) in [6.45, 7) is 5.40. The van der Waals surface area contributed by atoms with E-state index in [9.17, 15) is 4.79 Å². The summed E-state index contributed by atoms with van der Waals surface area (Å²) < 4.78 is 5.26. The van der Waals surface area contributed by atoms with Crippen molar-refractivity contribution in [3.63, 3.8) is 0 Å². The van der Waals surface area contributed by atoms with Crippen LogP contribution in [-0.4, -0.2) is 24.6 Å². The topological polar surface area (TPSA) is 79.4 Å². The first-order valence-electron chi connectivity index (χ1n) is 5.62. The molecule has 1 aromatic carbocycles. The number of nitrogens with one attached hydrogen (secondary N) is 1. The Morgan fingerprint density at radius 2 is 1.89 bits per heavy atom. The first kappa shape index (κ1) is 14.0. The highest BCUT2D eigenvalue weighted by molar-refractivity contribution is 6.03. The van der Waals surface area contributed by atoms with Gasteiger partial charge in [0.05, 0.1) is 5.69 Å². The quantitative estimate of drug-likeness (QED) is 0.623. The van der Waals surface area contributed by atoms with Gasteiger partial charge in [0.15, 0.2) is 0 Å². The lowest BCUT2D eigenvalue weighted by atomic mass is 10.1. The molecule has 1 rings (SSSR count). The second-order valence-corrected chi connectivity index (χ2v) is 4.97. The number of amides is 1. The SMILES string of the molecule is CN(C(=O)OC(C)(C)C)c1ccccc1C(=N)N. The summed E-state index contributed by atoms with van der Waals surface area (Å²) in [4.78, 5) is 13.3. The van der Waals surface area contributed by atoms with Crippen LogP contribution in [0.25, 0.3) is 0 Å². The van der Waals surface area contributed by atoms with Crippen molar-refractivity contribution in [3.8, 4) is 0 Å². The van der Waals surface area contributed by atoms with E-state index in [0.717, 1.165) is 0 Å². The summed E-state index contributed by atoms with van der Waals surface area (Å²) in [5.41, 5.74) is 5.99.